The molecule has 0 fully saturated rings. The van der Waals surface area contributed by atoms with Crippen LogP contribution in [0.3, 0.4) is 0 Å². The molecule has 104 valence electrons. The van der Waals surface area contributed by atoms with Gasteiger partial charge in [-0.05, 0) is 42.5 Å². The molecule has 4 nitrogen and oxygen atoms in total. The fourth-order valence-corrected chi connectivity index (χ4v) is 2.11. The van der Waals surface area contributed by atoms with Crippen LogP contribution in [0.5, 0.6) is 0 Å². The lowest BCUT2D eigenvalue weighted by Gasteiger charge is -2.04. The van der Waals surface area contributed by atoms with Crippen molar-refractivity contribution >= 4 is 11.9 Å². The zero-order valence-corrected chi connectivity index (χ0v) is 11.7. The molecule has 0 N–H and O–H groups in total. The molecule has 0 amide bonds. The molecule has 2 aromatic heterocycles. The average molecular weight is 277 g/mol. The summed E-state index contributed by atoms with van der Waals surface area (Å²) in [7, 11) is 1.85. The molecule has 0 saturated heterocycles. The van der Waals surface area contributed by atoms with Gasteiger partial charge in [0.15, 0.2) is 5.78 Å². The summed E-state index contributed by atoms with van der Waals surface area (Å²) in [5.41, 5.74) is 2.40. The van der Waals surface area contributed by atoms with Crippen molar-refractivity contribution in [1.29, 1.82) is 0 Å². The standard InChI is InChI=1S/C17H15N3O/c1-19-12-9-15(18-19)7-8-17(21)14-5-4-6-16(13-14)20-10-2-3-11-20/h2-13H,1H3/b8-7+. The zero-order chi connectivity index (χ0) is 14.7. The first kappa shape index (κ1) is 13.1. The summed E-state index contributed by atoms with van der Waals surface area (Å²) >= 11 is 0. The first-order chi connectivity index (χ1) is 10.2. The average Bonchev–Trinajstić information content (AvgIpc) is 3.16. The summed E-state index contributed by atoms with van der Waals surface area (Å²) in [6.45, 7) is 0. The van der Waals surface area contributed by atoms with Crippen LogP contribution in [0.2, 0.25) is 0 Å². The Kier molecular flexibility index (Phi) is 3.51. The van der Waals surface area contributed by atoms with Crippen LogP contribution in [-0.4, -0.2) is 20.1 Å². The highest BCUT2D eigenvalue weighted by atomic mass is 16.1. The number of hydrogen-bond donors (Lipinski definition) is 0. The van der Waals surface area contributed by atoms with E-state index in [-0.39, 0.29) is 5.78 Å². The Labute approximate surface area is 123 Å². The lowest BCUT2D eigenvalue weighted by molar-refractivity contribution is 0.104. The molecule has 4 heteroatoms. The van der Waals surface area contributed by atoms with E-state index in [9.17, 15) is 4.79 Å². The van der Waals surface area contributed by atoms with Gasteiger partial charge in [-0.15, -0.1) is 0 Å². The van der Waals surface area contributed by atoms with Crippen LogP contribution in [0.1, 0.15) is 16.1 Å². The minimum Gasteiger partial charge on any atom is -0.324 e. The number of aryl methyl sites for hydroxylation is 1. The van der Waals surface area contributed by atoms with Gasteiger partial charge in [-0.3, -0.25) is 9.48 Å². The van der Waals surface area contributed by atoms with E-state index in [4.69, 9.17) is 0 Å². The zero-order valence-electron chi connectivity index (χ0n) is 11.7. The van der Waals surface area contributed by atoms with Crippen LogP contribution in [-0.2, 0) is 7.05 Å². The van der Waals surface area contributed by atoms with Crippen molar-refractivity contribution in [2.45, 2.75) is 0 Å². The molecule has 0 unspecified atom stereocenters. The molecule has 0 aliphatic carbocycles. The minimum absolute atomic E-state index is 0.0327. The molecular weight excluding hydrogens is 262 g/mol. The number of carbonyl (C=O) groups excluding carboxylic acids is 1. The predicted molar refractivity (Wildman–Crippen MR) is 82.3 cm³/mol. The number of benzene rings is 1. The van der Waals surface area contributed by atoms with Crippen LogP contribution >= 0.6 is 0 Å². The summed E-state index contributed by atoms with van der Waals surface area (Å²) in [6, 6.07) is 13.3. The summed E-state index contributed by atoms with van der Waals surface area (Å²) in [5.74, 6) is -0.0327. The van der Waals surface area contributed by atoms with Gasteiger partial charge in [-0.1, -0.05) is 12.1 Å². The van der Waals surface area contributed by atoms with Crippen molar-refractivity contribution in [1.82, 2.24) is 14.3 Å². The van der Waals surface area contributed by atoms with Crippen molar-refractivity contribution in [3.8, 4) is 5.69 Å². The van der Waals surface area contributed by atoms with Gasteiger partial charge in [-0.2, -0.15) is 5.10 Å². The molecule has 0 spiro atoms. The summed E-state index contributed by atoms with van der Waals surface area (Å²) in [6.07, 6.45) is 9.03. The number of nitrogens with zero attached hydrogens (tertiary/aromatic N) is 3. The maximum Gasteiger partial charge on any atom is 0.185 e. The Bertz CT molecular complexity index is 782. The van der Waals surface area contributed by atoms with Crippen LogP contribution < -0.4 is 0 Å². The van der Waals surface area contributed by atoms with Gasteiger partial charge in [0.2, 0.25) is 0 Å². The highest BCUT2D eigenvalue weighted by molar-refractivity contribution is 6.07. The fourth-order valence-electron chi connectivity index (χ4n) is 2.11. The van der Waals surface area contributed by atoms with E-state index >= 15 is 0 Å². The maximum atomic E-state index is 12.2. The van der Waals surface area contributed by atoms with Gasteiger partial charge in [0.05, 0.1) is 5.69 Å². The smallest absolute Gasteiger partial charge is 0.185 e. The van der Waals surface area contributed by atoms with Gasteiger partial charge in [0.25, 0.3) is 0 Å². The number of rotatable bonds is 4. The van der Waals surface area contributed by atoms with Crippen molar-refractivity contribution < 1.29 is 4.79 Å². The molecule has 0 radical (unpaired) electrons. The Hall–Kier alpha value is -2.88. The molecule has 1 aromatic carbocycles. The molecule has 3 rings (SSSR count). The largest absolute Gasteiger partial charge is 0.324 e. The van der Waals surface area contributed by atoms with Crippen molar-refractivity contribution in [3.05, 3.63) is 78.4 Å². The van der Waals surface area contributed by atoms with E-state index in [0.717, 1.165) is 11.4 Å². The molecule has 3 aromatic rings. The van der Waals surface area contributed by atoms with Crippen molar-refractivity contribution in [3.63, 3.8) is 0 Å². The number of allylic oxidation sites excluding steroid dienone is 1. The van der Waals surface area contributed by atoms with Crippen LogP contribution in [0, 0.1) is 0 Å². The second-order valence-electron chi connectivity index (χ2n) is 4.75. The highest BCUT2D eigenvalue weighted by Crippen LogP contribution is 2.12. The Morgan fingerprint density at radius 3 is 2.62 bits per heavy atom. The van der Waals surface area contributed by atoms with E-state index in [0.29, 0.717) is 5.56 Å². The lowest BCUT2D eigenvalue weighted by atomic mass is 10.1. The van der Waals surface area contributed by atoms with E-state index in [1.807, 2.05) is 72.7 Å². The third kappa shape index (κ3) is 3.00. The van der Waals surface area contributed by atoms with Gasteiger partial charge in [0, 0.05) is 36.9 Å². The topological polar surface area (TPSA) is 39.8 Å². The molecular formula is C17H15N3O. The van der Waals surface area contributed by atoms with E-state index in [1.165, 1.54) is 0 Å². The summed E-state index contributed by atoms with van der Waals surface area (Å²) < 4.78 is 3.68. The van der Waals surface area contributed by atoms with Crippen LogP contribution in [0.15, 0.2) is 67.1 Å². The molecule has 0 bridgehead atoms. The van der Waals surface area contributed by atoms with Gasteiger partial charge >= 0.3 is 0 Å². The van der Waals surface area contributed by atoms with Gasteiger partial charge in [0.1, 0.15) is 0 Å². The Morgan fingerprint density at radius 1 is 1.10 bits per heavy atom. The predicted octanol–water partition coefficient (Wildman–Crippen LogP) is 3.11. The molecule has 0 aliphatic rings. The van der Waals surface area contributed by atoms with Crippen LogP contribution in [0.4, 0.5) is 0 Å². The van der Waals surface area contributed by atoms with Crippen molar-refractivity contribution in [2.24, 2.45) is 7.05 Å². The number of carbonyl (C=O) groups is 1. The SMILES string of the molecule is Cn1ccc(/C=C/C(=O)c2cccc(-n3cccc3)c2)n1. The monoisotopic (exact) mass is 277 g/mol. The number of hydrogen-bond acceptors (Lipinski definition) is 2. The molecule has 0 atom stereocenters. The first-order valence-corrected chi connectivity index (χ1v) is 6.68. The van der Waals surface area contributed by atoms with Crippen molar-refractivity contribution in [2.75, 3.05) is 0 Å². The summed E-state index contributed by atoms with van der Waals surface area (Å²) in [5, 5.41) is 4.21. The number of aromatic nitrogens is 3. The molecule has 21 heavy (non-hydrogen) atoms. The minimum atomic E-state index is -0.0327. The molecule has 0 saturated carbocycles. The maximum absolute atomic E-state index is 12.2. The third-order valence-corrected chi connectivity index (χ3v) is 3.17. The second-order valence-corrected chi connectivity index (χ2v) is 4.75. The summed E-state index contributed by atoms with van der Waals surface area (Å²) in [4.78, 5) is 12.2. The Balaban J connectivity index is 1.82. The Morgan fingerprint density at radius 2 is 1.90 bits per heavy atom. The van der Waals surface area contributed by atoms with Gasteiger partial charge in [-0.25, -0.2) is 0 Å². The second kappa shape index (κ2) is 5.63. The lowest BCUT2D eigenvalue weighted by Crippen LogP contribution is -1.97. The van der Waals surface area contributed by atoms with E-state index in [2.05, 4.69) is 5.10 Å². The van der Waals surface area contributed by atoms with E-state index < -0.39 is 0 Å². The first-order valence-electron chi connectivity index (χ1n) is 6.68. The normalized spacial score (nSPS) is 11.1. The van der Waals surface area contributed by atoms with Gasteiger partial charge < -0.3 is 4.57 Å². The number of ketones is 1. The fraction of sp³-hybridized carbons (Fsp3) is 0.0588. The quantitative estimate of drug-likeness (QED) is 0.543. The van der Waals surface area contributed by atoms with E-state index in [1.54, 1.807) is 16.8 Å². The third-order valence-electron chi connectivity index (χ3n) is 3.17. The highest BCUT2D eigenvalue weighted by Gasteiger charge is 2.04. The van der Waals surface area contributed by atoms with Crippen LogP contribution in [0.25, 0.3) is 11.8 Å². The molecule has 0 aliphatic heterocycles. The molecule has 2 heterocycles.